The zero-order valence-corrected chi connectivity index (χ0v) is 12.8. The number of halogens is 1. The number of nitrogens with one attached hydrogen (secondary N) is 1. The molecule has 1 unspecified atom stereocenters. The van der Waals surface area contributed by atoms with Crippen LogP contribution in [0.2, 0.25) is 0 Å². The quantitative estimate of drug-likeness (QED) is 0.721. The summed E-state index contributed by atoms with van der Waals surface area (Å²) in [7, 11) is -1.95. The molecular weight excluding hydrogens is 328 g/mol. The Hall–Kier alpha value is -0.710. The predicted molar refractivity (Wildman–Crippen MR) is 75.2 cm³/mol. The van der Waals surface area contributed by atoms with Gasteiger partial charge in [-0.05, 0) is 12.1 Å². The Labute approximate surface area is 122 Å². The zero-order valence-electron chi connectivity index (χ0n) is 10.4. The lowest BCUT2D eigenvalue weighted by Gasteiger charge is -2.20. The smallest absolute Gasteiger partial charge is 0.250 e. The van der Waals surface area contributed by atoms with Crippen LogP contribution in [0.5, 0.6) is 0 Å². The van der Waals surface area contributed by atoms with Crippen LogP contribution in [0.15, 0.2) is 35.2 Å². The highest BCUT2D eigenvalue weighted by molar-refractivity contribution is 8.14. The van der Waals surface area contributed by atoms with Crippen LogP contribution in [0, 0.1) is 0 Å². The van der Waals surface area contributed by atoms with Gasteiger partial charge in [-0.25, -0.2) is 22.0 Å². The molecule has 0 amide bonds. The number of rotatable bonds is 2. The molecule has 1 aromatic carbocycles. The number of benzene rings is 1. The van der Waals surface area contributed by atoms with E-state index >= 15 is 0 Å². The maximum absolute atomic E-state index is 10.6. The van der Waals surface area contributed by atoms with Gasteiger partial charge < -0.3 is 4.74 Å². The Morgan fingerprint density at radius 2 is 1.80 bits per heavy atom. The third-order valence-electron chi connectivity index (χ3n) is 2.30. The molecule has 3 N–H and O–H groups in total. The molecule has 1 atom stereocenters. The van der Waals surface area contributed by atoms with Crippen molar-refractivity contribution in [2.24, 2.45) is 5.14 Å². The minimum Gasteiger partial charge on any atom is -0.377 e. The summed E-state index contributed by atoms with van der Waals surface area (Å²) < 4.78 is 47.3. The Morgan fingerprint density at radius 1 is 1.20 bits per heavy atom. The van der Waals surface area contributed by atoms with E-state index in [0.717, 1.165) is 0 Å². The highest BCUT2D eigenvalue weighted by Crippen LogP contribution is 2.07. The summed E-state index contributed by atoms with van der Waals surface area (Å²) in [5.74, 6) is 0. The molecule has 0 aliphatic carbocycles. The average molecular weight is 343 g/mol. The van der Waals surface area contributed by atoms with Crippen molar-refractivity contribution in [1.82, 2.24) is 5.32 Å². The van der Waals surface area contributed by atoms with E-state index in [1.165, 1.54) is 12.1 Å². The summed E-state index contributed by atoms with van der Waals surface area (Å²) in [5, 5.41) is 6.81. The van der Waals surface area contributed by atoms with Crippen molar-refractivity contribution in [2.45, 2.75) is 10.3 Å². The Balaban J connectivity index is 0.000000200. The summed E-state index contributed by atoms with van der Waals surface area (Å²) in [6, 6.07) is 7.89. The van der Waals surface area contributed by atoms with Gasteiger partial charge in [0, 0.05) is 17.2 Å². The molecule has 10 heteroatoms. The first-order valence-corrected chi connectivity index (χ1v) is 9.45. The van der Waals surface area contributed by atoms with Gasteiger partial charge in [-0.2, -0.15) is 0 Å². The third-order valence-corrected chi connectivity index (χ3v) is 4.86. The van der Waals surface area contributed by atoms with Gasteiger partial charge in [-0.1, -0.05) is 18.2 Å². The van der Waals surface area contributed by atoms with E-state index in [9.17, 15) is 16.8 Å². The first-order valence-electron chi connectivity index (χ1n) is 5.54. The van der Waals surface area contributed by atoms with E-state index in [-0.39, 0.29) is 11.5 Å². The minimum atomic E-state index is -3.50. The Morgan fingerprint density at radius 3 is 2.10 bits per heavy atom. The van der Waals surface area contributed by atoms with E-state index in [1.807, 2.05) is 0 Å². The Kier molecular flexibility index (Phi) is 6.37. The van der Waals surface area contributed by atoms with E-state index < -0.39 is 24.4 Å². The van der Waals surface area contributed by atoms with Gasteiger partial charge in [0.25, 0.3) is 9.05 Å². The van der Waals surface area contributed by atoms with Crippen molar-refractivity contribution in [1.29, 1.82) is 0 Å². The molecule has 0 saturated carbocycles. The average Bonchev–Trinajstić information content (AvgIpc) is 2.40. The molecule has 1 fully saturated rings. The van der Waals surface area contributed by atoms with E-state index in [0.29, 0.717) is 13.2 Å². The SMILES string of the molecule is NS(=O)(=O)c1ccccc1.O=S(=O)(Cl)C1COCCN1. The zero-order chi connectivity index (χ0) is 15.2. The molecule has 0 spiro atoms. The fraction of sp³-hybridized carbons (Fsp3) is 0.400. The second-order valence-corrected chi connectivity index (χ2v) is 8.22. The van der Waals surface area contributed by atoms with Crippen molar-refractivity contribution in [3.05, 3.63) is 30.3 Å². The topological polar surface area (TPSA) is 116 Å². The largest absolute Gasteiger partial charge is 0.377 e. The van der Waals surface area contributed by atoms with Crippen molar-refractivity contribution in [3.63, 3.8) is 0 Å². The number of hydrogen-bond acceptors (Lipinski definition) is 6. The lowest BCUT2D eigenvalue weighted by atomic mass is 10.4. The molecule has 1 saturated heterocycles. The van der Waals surface area contributed by atoms with Gasteiger partial charge in [0.1, 0.15) is 5.37 Å². The van der Waals surface area contributed by atoms with Gasteiger partial charge in [0.2, 0.25) is 10.0 Å². The fourth-order valence-corrected chi connectivity index (χ4v) is 2.79. The van der Waals surface area contributed by atoms with Crippen molar-refractivity contribution < 1.29 is 21.6 Å². The summed E-state index contributed by atoms with van der Waals surface area (Å²) in [6.07, 6.45) is 0. The van der Waals surface area contributed by atoms with Gasteiger partial charge in [0.05, 0.1) is 18.1 Å². The van der Waals surface area contributed by atoms with E-state index in [2.05, 4.69) is 5.32 Å². The molecule has 1 aromatic rings. The van der Waals surface area contributed by atoms with Crippen LogP contribution in [0.25, 0.3) is 0 Å². The van der Waals surface area contributed by atoms with Crippen LogP contribution in [0.4, 0.5) is 0 Å². The molecule has 0 bridgehead atoms. The number of hydrogen-bond donors (Lipinski definition) is 2. The molecule has 2 rings (SSSR count). The summed E-state index contributed by atoms with van der Waals surface area (Å²) in [5.41, 5.74) is 0. The van der Waals surface area contributed by atoms with Crippen LogP contribution in [-0.4, -0.2) is 42.0 Å². The van der Waals surface area contributed by atoms with Crippen molar-refractivity contribution in [3.8, 4) is 0 Å². The van der Waals surface area contributed by atoms with Crippen molar-refractivity contribution >= 4 is 29.8 Å². The van der Waals surface area contributed by atoms with Crippen LogP contribution in [-0.2, 0) is 23.8 Å². The molecule has 7 nitrogen and oxygen atoms in total. The Bertz CT molecular complexity index is 612. The van der Waals surface area contributed by atoms with Crippen LogP contribution in [0.3, 0.4) is 0 Å². The van der Waals surface area contributed by atoms with Crippen LogP contribution >= 0.6 is 10.7 Å². The first-order chi connectivity index (χ1) is 9.21. The summed E-state index contributed by atoms with van der Waals surface area (Å²) in [4.78, 5) is 0.148. The lowest BCUT2D eigenvalue weighted by molar-refractivity contribution is 0.0983. The van der Waals surface area contributed by atoms with Gasteiger partial charge in [0.15, 0.2) is 0 Å². The monoisotopic (exact) mass is 342 g/mol. The molecule has 1 aliphatic heterocycles. The van der Waals surface area contributed by atoms with Gasteiger partial charge in [-0.15, -0.1) is 0 Å². The lowest BCUT2D eigenvalue weighted by Crippen LogP contribution is -2.44. The van der Waals surface area contributed by atoms with E-state index in [1.54, 1.807) is 18.2 Å². The predicted octanol–water partition coefficient (Wildman–Crippen LogP) is -0.165. The molecular formula is C10H15ClN2O5S2. The third kappa shape index (κ3) is 6.16. The molecule has 20 heavy (non-hydrogen) atoms. The maximum Gasteiger partial charge on any atom is 0.250 e. The van der Waals surface area contributed by atoms with E-state index in [4.69, 9.17) is 20.6 Å². The molecule has 114 valence electrons. The summed E-state index contributed by atoms with van der Waals surface area (Å²) >= 11 is 0. The van der Waals surface area contributed by atoms with Gasteiger partial charge >= 0.3 is 0 Å². The number of nitrogens with two attached hydrogens (primary N) is 1. The van der Waals surface area contributed by atoms with Crippen LogP contribution < -0.4 is 10.5 Å². The van der Waals surface area contributed by atoms with Gasteiger partial charge in [-0.3, -0.25) is 5.32 Å². The second kappa shape index (κ2) is 7.34. The van der Waals surface area contributed by atoms with Crippen molar-refractivity contribution in [2.75, 3.05) is 19.8 Å². The number of primary sulfonamides is 1. The summed E-state index contributed by atoms with van der Waals surface area (Å²) in [6.45, 7) is 1.23. The standard InChI is InChI=1S/C6H7NO2S.C4H8ClNO3S/c7-10(8,9)6-4-2-1-3-5-6;5-10(7,8)4-3-9-2-1-6-4/h1-5H,(H2,7,8,9);4,6H,1-3H2. The second-order valence-electron chi connectivity index (χ2n) is 3.85. The molecule has 1 aliphatic rings. The molecule has 1 heterocycles. The fourth-order valence-electron chi connectivity index (χ4n) is 1.33. The molecule has 0 radical (unpaired) electrons. The maximum atomic E-state index is 10.6. The van der Waals surface area contributed by atoms with Crippen LogP contribution in [0.1, 0.15) is 0 Å². The number of ether oxygens (including phenoxy) is 1. The first kappa shape index (κ1) is 17.3. The normalized spacial score (nSPS) is 19.8. The minimum absolute atomic E-state index is 0.145. The number of morpholine rings is 1. The highest BCUT2D eigenvalue weighted by Gasteiger charge is 2.24. The highest BCUT2D eigenvalue weighted by atomic mass is 35.7. The molecule has 0 aromatic heterocycles. The number of sulfonamides is 1.